The minimum Gasteiger partial charge on any atom is -0.488 e. The molecule has 1 saturated heterocycles. The maximum atomic E-state index is 12.0. The van der Waals surface area contributed by atoms with Gasteiger partial charge < -0.3 is 14.2 Å². The van der Waals surface area contributed by atoms with E-state index in [0.29, 0.717) is 32.8 Å². The van der Waals surface area contributed by atoms with Crippen molar-refractivity contribution in [2.75, 3.05) is 43.9 Å². The molecule has 1 fully saturated rings. The van der Waals surface area contributed by atoms with Gasteiger partial charge in [-0.2, -0.15) is 4.31 Å². The molecule has 4 aromatic rings. The zero-order valence-corrected chi connectivity index (χ0v) is 20.6. The number of aromatic nitrogens is 4. The third-order valence-electron chi connectivity index (χ3n) is 6.81. The number of piperazine rings is 1. The Balaban J connectivity index is 1.53. The molecule has 3 aromatic heterocycles. The van der Waals surface area contributed by atoms with Gasteiger partial charge in [0.05, 0.1) is 28.7 Å². The van der Waals surface area contributed by atoms with Crippen LogP contribution in [0.2, 0.25) is 0 Å². The molecule has 10 nitrogen and oxygen atoms in total. The van der Waals surface area contributed by atoms with Gasteiger partial charge in [-0.15, -0.1) is 0 Å². The Kier molecular flexibility index (Phi) is 5.08. The van der Waals surface area contributed by atoms with E-state index in [1.165, 1.54) is 10.6 Å². The summed E-state index contributed by atoms with van der Waals surface area (Å²) in [5.74, 6) is 2.28. The zero-order chi connectivity index (χ0) is 24.3. The van der Waals surface area contributed by atoms with Crippen LogP contribution >= 0.6 is 0 Å². The summed E-state index contributed by atoms with van der Waals surface area (Å²) in [6.07, 6.45) is 3.04. The van der Waals surface area contributed by atoms with E-state index >= 15 is 0 Å². The Labute approximate surface area is 203 Å². The molecule has 2 aliphatic rings. The number of ether oxygens (including phenoxy) is 1. The number of hydrogen-bond donors (Lipinski definition) is 0. The molecule has 35 heavy (non-hydrogen) atoms. The molecule has 11 heteroatoms. The lowest BCUT2D eigenvalue weighted by Gasteiger charge is -2.36. The minimum absolute atomic E-state index is 0.170. The lowest BCUT2D eigenvalue weighted by Crippen LogP contribution is -2.49. The van der Waals surface area contributed by atoms with Crippen LogP contribution in [0.3, 0.4) is 0 Å². The Morgan fingerprint density at radius 2 is 1.86 bits per heavy atom. The molecule has 0 N–H and O–H groups in total. The molecule has 0 saturated carbocycles. The molecule has 5 heterocycles. The maximum Gasteiger partial charge on any atom is 0.211 e. The number of nitrogens with zero attached hydrogens (tertiary/aromatic N) is 6. The van der Waals surface area contributed by atoms with E-state index in [9.17, 15) is 8.42 Å². The van der Waals surface area contributed by atoms with Crippen molar-refractivity contribution in [1.29, 1.82) is 0 Å². The van der Waals surface area contributed by atoms with Gasteiger partial charge in [0.1, 0.15) is 23.9 Å². The average molecular weight is 495 g/mol. The van der Waals surface area contributed by atoms with E-state index in [2.05, 4.69) is 19.6 Å². The van der Waals surface area contributed by atoms with Gasteiger partial charge in [-0.25, -0.2) is 13.4 Å². The molecule has 1 atom stereocenters. The molecule has 0 radical (unpaired) electrons. The first kappa shape index (κ1) is 22.1. The number of aryl methyl sites for hydroxylation is 2. The van der Waals surface area contributed by atoms with Crippen molar-refractivity contribution in [2.45, 2.75) is 19.9 Å². The highest BCUT2D eigenvalue weighted by Crippen LogP contribution is 2.45. The molecule has 182 valence electrons. The monoisotopic (exact) mass is 494 g/mol. The number of sulfonamides is 1. The molecule has 0 aliphatic carbocycles. The minimum atomic E-state index is -3.23. The molecule has 6 rings (SSSR count). The topological polar surface area (TPSA) is 107 Å². The van der Waals surface area contributed by atoms with Gasteiger partial charge in [0.15, 0.2) is 5.75 Å². The van der Waals surface area contributed by atoms with Crippen LogP contribution in [0.25, 0.3) is 22.2 Å². The zero-order valence-electron chi connectivity index (χ0n) is 19.8. The molecule has 0 bridgehead atoms. The molecular weight excluding hydrogens is 468 g/mol. The maximum absolute atomic E-state index is 12.0. The fourth-order valence-corrected chi connectivity index (χ4v) is 5.95. The summed E-state index contributed by atoms with van der Waals surface area (Å²) < 4.78 is 39.6. The first-order valence-electron chi connectivity index (χ1n) is 11.5. The van der Waals surface area contributed by atoms with Gasteiger partial charge in [0, 0.05) is 37.9 Å². The van der Waals surface area contributed by atoms with Gasteiger partial charge in [0.2, 0.25) is 16.0 Å². The van der Waals surface area contributed by atoms with Crippen LogP contribution in [-0.2, 0) is 10.0 Å². The van der Waals surface area contributed by atoms with Crippen molar-refractivity contribution in [2.24, 2.45) is 0 Å². The van der Waals surface area contributed by atoms with Crippen molar-refractivity contribution in [3.8, 4) is 16.9 Å². The highest BCUT2D eigenvalue weighted by Gasteiger charge is 2.35. The van der Waals surface area contributed by atoms with Crippen molar-refractivity contribution in [3.63, 3.8) is 0 Å². The van der Waals surface area contributed by atoms with E-state index in [-0.39, 0.29) is 6.04 Å². The van der Waals surface area contributed by atoms with Crippen LogP contribution in [0.5, 0.6) is 5.75 Å². The van der Waals surface area contributed by atoms with E-state index in [1.807, 2.05) is 44.2 Å². The largest absolute Gasteiger partial charge is 0.488 e. The standard InChI is InChI=1S/C24H26N6O4S/c1-15-21(16(2)34-27-15)17-7-8-19-22-23(17)33-14-20(18-6-4-5-9-25-18)30(22)24(26-19)28-10-12-29(13-11-28)35(3,31)32/h4-9,20H,10-14H2,1-3H3. The number of hydrogen-bond acceptors (Lipinski definition) is 8. The third-order valence-corrected chi connectivity index (χ3v) is 8.11. The van der Waals surface area contributed by atoms with Gasteiger partial charge >= 0.3 is 0 Å². The molecule has 1 aromatic carbocycles. The van der Waals surface area contributed by atoms with Crippen molar-refractivity contribution in [3.05, 3.63) is 53.7 Å². The summed E-state index contributed by atoms with van der Waals surface area (Å²) in [5.41, 5.74) is 5.24. The molecule has 1 unspecified atom stereocenters. The average Bonchev–Trinajstić information content (AvgIpc) is 3.41. The molecule has 0 spiro atoms. The summed E-state index contributed by atoms with van der Waals surface area (Å²) in [6, 6.07) is 9.69. The number of pyridine rings is 1. The Hall–Kier alpha value is -3.44. The van der Waals surface area contributed by atoms with Crippen LogP contribution < -0.4 is 9.64 Å². The number of imidazole rings is 1. The molecule has 0 amide bonds. The van der Waals surface area contributed by atoms with Crippen molar-refractivity contribution < 1.29 is 17.7 Å². The van der Waals surface area contributed by atoms with Crippen LogP contribution in [0.1, 0.15) is 23.2 Å². The van der Waals surface area contributed by atoms with E-state index < -0.39 is 10.0 Å². The van der Waals surface area contributed by atoms with Gasteiger partial charge in [-0.05, 0) is 38.1 Å². The quantitative estimate of drug-likeness (QED) is 0.426. The van der Waals surface area contributed by atoms with Crippen LogP contribution in [-0.4, -0.2) is 71.5 Å². The van der Waals surface area contributed by atoms with Gasteiger partial charge in [-0.1, -0.05) is 11.2 Å². The predicted molar refractivity (Wildman–Crippen MR) is 131 cm³/mol. The second-order valence-corrected chi connectivity index (χ2v) is 11.0. The fraction of sp³-hybridized carbons (Fsp3) is 0.375. The Morgan fingerprint density at radius 1 is 1.06 bits per heavy atom. The number of rotatable bonds is 4. The number of anilines is 1. The Bertz CT molecular complexity index is 1500. The highest BCUT2D eigenvalue weighted by atomic mass is 32.2. The normalized spacial score (nSPS) is 18.7. The molecular formula is C24H26N6O4S. The summed E-state index contributed by atoms with van der Waals surface area (Å²) >= 11 is 0. The fourth-order valence-electron chi connectivity index (χ4n) is 5.12. The first-order valence-corrected chi connectivity index (χ1v) is 13.4. The summed E-state index contributed by atoms with van der Waals surface area (Å²) in [4.78, 5) is 11.8. The summed E-state index contributed by atoms with van der Waals surface area (Å²) in [7, 11) is -3.23. The molecule has 2 aliphatic heterocycles. The smallest absolute Gasteiger partial charge is 0.211 e. The van der Waals surface area contributed by atoms with E-state index in [0.717, 1.165) is 51.0 Å². The highest BCUT2D eigenvalue weighted by molar-refractivity contribution is 7.88. The second-order valence-electron chi connectivity index (χ2n) is 9.02. The van der Waals surface area contributed by atoms with Gasteiger partial charge in [0.25, 0.3) is 0 Å². The predicted octanol–water partition coefficient (Wildman–Crippen LogP) is 2.77. The first-order chi connectivity index (χ1) is 16.8. The summed E-state index contributed by atoms with van der Waals surface area (Å²) in [5, 5.41) is 4.13. The SMILES string of the molecule is Cc1noc(C)c1-c1ccc2nc(N3CCN(S(C)(=O)=O)CC3)n3c2c1OCC3c1ccccn1. The van der Waals surface area contributed by atoms with Crippen LogP contribution in [0.15, 0.2) is 41.1 Å². The Morgan fingerprint density at radius 3 is 2.51 bits per heavy atom. The van der Waals surface area contributed by atoms with E-state index in [1.54, 1.807) is 6.20 Å². The van der Waals surface area contributed by atoms with Gasteiger partial charge in [-0.3, -0.25) is 9.55 Å². The third kappa shape index (κ3) is 3.57. The summed E-state index contributed by atoms with van der Waals surface area (Å²) in [6.45, 7) is 6.17. The lowest BCUT2D eigenvalue weighted by atomic mass is 10.0. The van der Waals surface area contributed by atoms with Crippen LogP contribution in [0.4, 0.5) is 5.95 Å². The second kappa shape index (κ2) is 8.06. The van der Waals surface area contributed by atoms with Crippen LogP contribution in [0, 0.1) is 13.8 Å². The van der Waals surface area contributed by atoms with Crippen molar-refractivity contribution >= 4 is 27.0 Å². The lowest BCUT2D eigenvalue weighted by molar-refractivity contribution is 0.257. The number of benzene rings is 1. The van der Waals surface area contributed by atoms with Crippen molar-refractivity contribution in [1.82, 2.24) is 24.0 Å². The van der Waals surface area contributed by atoms with E-state index in [4.69, 9.17) is 14.2 Å².